The summed E-state index contributed by atoms with van der Waals surface area (Å²) in [5, 5.41) is 0.759. The molecule has 2 aromatic carbocycles. The van der Waals surface area contributed by atoms with Crippen LogP contribution >= 0.6 is 11.6 Å². The molecule has 0 aromatic heterocycles. The maximum atomic E-state index is 6.08. The number of aliphatic imine (C=N–C) groups is 1. The maximum Gasteiger partial charge on any atom is 0.216 e. The fourth-order valence-corrected chi connectivity index (χ4v) is 3.18. The zero-order chi connectivity index (χ0) is 14.9. The summed E-state index contributed by atoms with van der Waals surface area (Å²) in [5.41, 5.74) is 3.49. The third-order valence-corrected chi connectivity index (χ3v) is 4.38. The van der Waals surface area contributed by atoms with Crippen molar-refractivity contribution in [1.29, 1.82) is 0 Å². The summed E-state index contributed by atoms with van der Waals surface area (Å²) in [6.07, 6.45) is 0.951. The molecule has 2 aromatic rings. The predicted octanol–water partition coefficient (Wildman–Crippen LogP) is 3.84. The summed E-state index contributed by atoms with van der Waals surface area (Å²) in [4.78, 5) is 4.34. The van der Waals surface area contributed by atoms with Crippen LogP contribution in [-0.4, -0.2) is 25.7 Å². The highest BCUT2D eigenvalue weighted by Gasteiger charge is 2.22. The zero-order valence-corrected chi connectivity index (χ0v) is 12.8. The van der Waals surface area contributed by atoms with Gasteiger partial charge in [0.05, 0.1) is 13.2 Å². The number of hydrogen-bond acceptors (Lipinski definition) is 3. The molecule has 4 rings (SSSR count). The summed E-state index contributed by atoms with van der Waals surface area (Å²) in [7, 11) is 0. The van der Waals surface area contributed by atoms with Crippen molar-refractivity contribution in [2.75, 3.05) is 19.8 Å². The Labute approximate surface area is 134 Å². The molecule has 0 N–H and O–H groups in total. The zero-order valence-electron chi connectivity index (χ0n) is 12.1. The monoisotopic (exact) mass is 313 g/mol. The lowest BCUT2D eigenvalue weighted by atomic mass is 9.90. The van der Waals surface area contributed by atoms with Crippen LogP contribution in [0.1, 0.15) is 22.6 Å². The quantitative estimate of drug-likeness (QED) is 0.843. The Balaban J connectivity index is 1.55. The van der Waals surface area contributed by atoms with Crippen molar-refractivity contribution in [2.24, 2.45) is 4.99 Å². The van der Waals surface area contributed by atoms with Crippen LogP contribution in [0.25, 0.3) is 0 Å². The van der Waals surface area contributed by atoms with Crippen LogP contribution in [0.5, 0.6) is 5.75 Å². The van der Waals surface area contributed by atoms with E-state index in [0.29, 0.717) is 19.1 Å². The lowest BCUT2D eigenvalue weighted by Crippen LogP contribution is -2.19. The summed E-state index contributed by atoms with van der Waals surface area (Å²) in [6.45, 7) is 2.14. The topological polar surface area (TPSA) is 30.8 Å². The van der Waals surface area contributed by atoms with Gasteiger partial charge in [0.1, 0.15) is 12.4 Å². The normalized spacial score (nSPS) is 19.9. The van der Waals surface area contributed by atoms with Crippen molar-refractivity contribution in [3.63, 3.8) is 0 Å². The van der Waals surface area contributed by atoms with Crippen LogP contribution in [0.2, 0.25) is 5.02 Å². The van der Waals surface area contributed by atoms with Gasteiger partial charge in [0.25, 0.3) is 0 Å². The van der Waals surface area contributed by atoms with Crippen LogP contribution in [0, 0.1) is 0 Å². The SMILES string of the molecule is Clc1ccc2c(c1)CC(c1ccc(C3=NCCO3)cc1)CO2. The number of halogens is 1. The Morgan fingerprint density at radius 3 is 2.68 bits per heavy atom. The highest BCUT2D eigenvalue weighted by Crippen LogP contribution is 2.34. The minimum atomic E-state index is 0.353. The first-order chi connectivity index (χ1) is 10.8. The van der Waals surface area contributed by atoms with Crippen molar-refractivity contribution in [3.8, 4) is 5.75 Å². The third kappa shape index (κ3) is 2.57. The van der Waals surface area contributed by atoms with Crippen LogP contribution in [0.3, 0.4) is 0 Å². The van der Waals surface area contributed by atoms with Gasteiger partial charge in [-0.15, -0.1) is 0 Å². The summed E-state index contributed by atoms with van der Waals surface area (Å²) < 4.78 is 11.4. The van der Waals surface area contributed by atoms with E-state index in [9.17, 15) is 0 Å². The number of hydrogen-bond donors (Lipinski definition) is 0. The predicted molar refractivity (Wildman–Crippen MR) is 87.2 cm³/mol. The minimum Gasteiger partial charge on any atom is -0.493 e. The Morgan fingerprint density at radius 1 is 1.05 bits per heavy atom. The minimum absolute atomic E-state index is 0.353. The van der Waals surface area contributed by atoms with E-state index >= 15 is 0 Å². The molecule has 1 atom stereocenters. The molecule has 0 spiro atoms. The molecule has 2 aliphatic heterocycles. The Hall–Kier alpha value is -2.00. The van der Waals surface area contributed by atoms with Gasteiger partial charge in [-0.05, 0) is 47.9 Å². The summed E-state index contributed by atoms with van der Waals surface area (Å²) >= 11 is 6.08. The molecule has 1 unspecified atom stereocenters. The molecule has 3 nitrogen and oxygen atoms in total. The smallest absolute Gasteiger partial charge is 0.216 e. The lowest BCUT2D eigenvalue weighted by Gasteiger charge is -2.26. The molecule has 112 valence electrons. The molecule has 2 aliphatic rings. The molecule has 0 bridgehead atoms. The number of ether oxygens (including phenoxy) is 2. The second-order valence-electron chi connectivity index (χ2n) is 5.62. The molecule has 2 heterocycles. The Bertz CT molecular complexity index is 724. The first-order valence-corrected chi connectivity index (χ1v) is 7.86. The molecule has 0 radical (unpaired) electrons. The average molecular weight is 314 g/mol. The van der Waals surface area contributed by atoms with Crippen molar-refractivity contribution in [2.45, 2.75) is 12.3 Å². The van der Waals surface area contributed by atoms with Crippen LogP contribution in [0.15, 0.2) is 47.5 Å². The molecular weight excluding hydrogens is 298 g/mol. The van der Waals surface area contributed by atoms with Crippen molar-refractivity contribution < 1.29 is 9.47 Å². The Kier molecular flexibility index (Phi) is 3.51. The van der Waals surface area contributed by atoms with Gasteiger partial charge in [0, 0.05) is 16.5 Å². The number of fused-ring (bicyclic) bond motifs is 1. The van der Waals surface area contributed by atoms with Gasteiger partial charge >= 0.3 is 0 Å². The molecule has 0 amide bonds. The van der Waals surface area contributed by atoms with Crippen molar-refractivity contribution in [3.05, 3.63) is 64.2 Å². The van der Waals surface area contributed by atoms with Gasteiger partial charge in [-0.25, -0.2) is 4.99 Å². The van der Waals surface area contributed by atoms with Crippen molar-refractivity contribution in [1.82, 2.24) is 0 Å². The van der Waals surface area contributed by atoms with E-state index in [1.807, 2.05) is 18.2 Å². The van der Waals surface area contributed by atoms with Crippen molar-refractivity contribution >= 4 is 17.5 Å². The maximum absolute atomic E-state index is 6.08. The third-order valence-electron chi connectivity index (χ3n) is 4.14. The molecule has 22 heavy (non-hydrogen) atoms. The first kappa shape index (κ1) is 13.6. The van der Waals surface area contributed by atoms with Crippen LogP contribution < -0.4 is 4.74 Å². The number of rotatable bonds is 2. The van der Waals surface area contributed by atoms with Gasteiger partial charge in [-0.3, -0.25) is 0 Å². The fourth-order valence-electron chi connectivity index (χ4n) is 2.98. The fraction of sp³-hybridized carbons (Fsp3) is 0.278. The molecular formula is C18H16ClNO2. The van der Waals surface area contributed by atoms with E-state index in [-0.39, 0.29) is 0 Å². The average Bonchev–Trinajstić information content (AvgIpc) is 3.09. The molecule has 0 saturated carbocycles. The van der Waals surface area contributed by atoms with E-state index < -0.39 is 0 Å². The standard InChI is InChI=1S/C18H16ClNO2/c19-16-5-6-17-14(10-16)9-15(11-22-17)12-1-3-13(4-2-12)18-20-7-8-21-18/h1-6,10,15H,7-9,11H2. The van der Waals surface area contributed by atoms with Crippen LogP contribution in [-0.2, 0) is 11.2 Å². The highest BCUT2D eigenvalue weighted by atomic mass is 35.5. The molecule has 0 fully saturated rings. The van der Waals surface area contributed by atoms with E-state index in [4.69, 9.17) is 21.1 Å². The van der Waals surface area contributed by atoms with Crippen LogP contribution in [0.4, 0.5) is 0 Å². The first-order valence-electron chi connectivity index (χ1n) is 7.48. The molecule has 0 saturated heterocycles. The van der Waals surface area contributed by atoms with Gasteiger partial charge in [0.2, 0.25) is 5.90 Å². The largest absolute Gasteiger partial charge is 0.493 e. The van der Waals surface area contributed by atoms with Gasteiger partial charge in [0.15, 0.2) is 0 Å². The second-order valence-corrected chi connectivity index (χ2v) is 6.06. The summed E-state index contributed by atoms with van der Waals surface area (Å²) in [5.74, 6) is 2.06. The lowest BCUT2D eigenvalue weighted by molar-refractivity contribution is 0.262. The van der Waals surface area contributed by atoms with E-state index in [1.54, 1.807) is 0 Å². The van der Waals surface area contributed by atoms with Gasteiger partial charge < -0.3 is 9.47 Å². The highest BCUT2D eigenvalue weighted by molar-refractivity contribution is 6.30. The van der Waals surface area contributed by atoms with E-state index in [2.05, 4.69) is 29.3 Å². The molecule has 4 heteroatoms. The van der Waals surface area contributed by atoms with Gasteiger partial charge in [-0.1, -0.05) is 23.7 Å². The number of nitrogens with zero attached hydrogens (tertiary/aromatic N) is 1. The summed E-state index contributed by atoms with van der Waals surface area (Å²) in [6, 6.07) is 14.3. The second kappa shape index (κ2) is 5.65. The van der Waals surface area contributed by atoms with E-state index in [1.165, 1.54) is 11.1 Å². The number of benzene rings is 2. The van der Waals surface area contributed by atoms with E-state index in [0.717, 1.165) is 35.2 Å². The molecule has 0 aliphatic carbocycles. The Morgan fingerprint density at radius 2 is 1.91 bits per heavy atom. The van der Waals surface area contributed by atoms with Gasteiger partial charge in [-0.2, -0.15) is 0 Å².